The summed E-state index contributed by atoms with van der Waals surface area (Å²) in [6.45, 7) is 4.05. The highest BCUT2D eigenvalue weighted by molar-refractivity contribution is 7.99. The van der Waals surface area contributed by atoms with Crippen LogP contribution < -0.4 is 0 Å². The van der Waals surface area contributed by atoms with Gasteiger partial charge in [-0.15, -0.1) is 0 Å². The topological polar surface area (TPSA) is 29.5 Å². The molecule has 140 valence electrons. The zero-order chi connectivity index (χ0) is 17.0. The summed E-state index contributed by atoms with van der Waals surface area (Å²) in [7, 11) is 0. The van der Waals surface area contributed by atoms with Crippen molar-refractivity contribution >= 4 is 11.8 Å². The van der Waals surface area contributed by atoms with E-state index in [4.69, 9.17) is 9.84 Å². The predicted octanol–water partition coefficient (Wildman–Crippen LogP) is 6.21. The Morgan fingerprint density at radius 1 is 0.739 bits per heavy atom. The Hall–Kier alpha value is 0.270. The van der Waals surface area contributed by atoms with E-state index in [1.807, 2.05) is 6.26 Å². The fraction of sp³-hybridized carbons (Fsp3) is 1.00. The second kappa shape index (κ2) is 20.3. The molecule has 0 bridgehead atoms. The molecule has 0 aromatic heterocycles. The van der Waals surface area contributed by atoms with Crippen LogP contribution in [-0.4, -0.2) is 36.4 Å². The highest BCUT2D eigenvalue weighted by Gasteiger charge is 2.04. The summed E-state index contributed by atoms with van der Waals surface area (Å²) in [4.78, 5) is 0. The Bertz CT molecular complexity index is 208. The van der Waals surface area contributed by atoms with Gasteiger partial charge in [0.25, 0.3) is 0 Å². The molecule has 0 aliphatic heterocycles. The molecule has 0 aromatic carbocycles. The molecule has 0 radical (unpaired) electrons. The molecule has 0 aromatic rings. The molecule has 0 rings (SSSR count). The van der Waals surface area contributed by atoms with E-state index in [2.05, 4.69) is 6.92 Å². The second-order valence-electron chi connectivity index (χ2n) is 6.71. The van der Waals surface area contributed by atoms with Crippen LogP contribution in [0.15, 0.2) is 0 Å². The number of rotatable bonds is 19. The van der Waals surface area contributed by atoms with E-state index in [1.54, 1.807) is 11.8 Å². The maximum absolute atomic E-state index is 9.05. The van der Waals surface area contributed by atoms with E-state index in [1.165, 1.54) is 89.9 Å². The van der Waals surface area contributed by atoms with E-state index < -0.39 is 0 Å². The fourth-order valence-electron chi connectivity index (χ4n) is 2.81. The molecule has 0 spiro atoms. The molecule has 0 amide bonds. The molecular formula is C20H42O2S. The zero-order valence-corrected chi connectivity index (χ0v) is 16.7. The van der Waals surface area contributed by atoms with Crippen LogP contribution in [0.3, 0.4) is 0 Å². The Morgan fingerprint density at radius 3 is 1.57 bits per heavy atom. The minimum atomic E-state index is 0.222. The van der Waals surface area contributed by atoms with Crippen molar-refractivity contribution in [2.75, 3.05) is 26.1 Å². The number of hydrogen-bond acceptors (Lipinski definition) is 3. The molecule has 0 saturated heterocycles. The normalized spacial score (nSPS) is 12.7. The summed E-state index contributed by atoms with van der Waals surface area (Å²) in [5, 5.41) is 9.30. The van der Waals surface area contributed by atoms with Crippen LogP contribution in [0.5, 0.6) is 0 Å². The molecular weight excluding hydrogens is 304 g/mol. The summed E-state index contributed by atoms with van der Waals surface area (Å²) in [5.74, 6) is 0. The van der Waals surface area contributed by atoms with Gasteiger partial charge in [-0.2, -0.15) is 11.8 Å². The van der Waals surface area contributed by atoms with Crippen LogP contribution in [0, 0.1) is 0 Å². The maximum Gasteiger partial charge on any atom is 0.0607 e. The van der Waals surface area contributed by atoms with Gasteiger partial charge in [-0.25, -0.2) is 0 Å². The van der Waals surface area contributed by atoms with Gasteiger partial charge >= 0.3 is 0 Å². The molecule has 1 N–H and O–H groups in total. The maximum atomic E-state index is 9.05. The number of thioether (sulfide) groups is 1. The molecule has 0 heterocycles. The average molecular weight is 347 g/mol. The first-order valence-electron chi connectivity index (χ1n) is 10.1. The lowest BCUT2D eigenvalue weighted by Crippen LogP contribution is -2.16. The predicted molar refractivity (Wildman–Crippen MR) is 106 cm³/mol. The fourth-order valence-corrected chi connectivity index (χ4v) is 3.19. The van der Waals surface area contributed by atoms with E-state index in [0.717, 1.165) is 6.61 Å². The minimum Gasteiger partial charge on any atom is -0.395 e. The lowest BCUT2D eigenvalue weighted by molar-refractivity contribution is 0.117. The number of aliphatic hydroxyl groups is 1. The first-order valence-corrected chi connectivity index (χ1v) is 11.3. The summed E-state index contributed by atoms with van der Waals surface area (Å²) in [5.41, 5.74) is 0. The van der Waals surface area contributed by atoms with Gasteiger partial charge in [0.15, 0.2) is 0 Å². The second-order valence-corrected chi connectivity index (χ2v) is 7.85. The Balaban J connectivity index is 3.02. The monoisotopic (exact) mass is 346 g/mol. The lowest BCUT2D eigenvalue weighted by atomic mass is 10.0. The van der Waals surface area contributed by atoms with Crippen molar-refractivity contribution in [3.8, 4) is 0 Å². The number of aliphatic hydroxyl groups excluding tert-OH is 1. The third-order valence-corrected chi connectivity index (χ3v) is 5.43. The van der Waals surface area contributed by atoms with E-state index in [0.29, 0.717) is 6.61 Å². The molecule has 23 heavy (non-hydrogen) atoms. The Morgan fingerprint density at radius 2 is 1.17 bits per heavy atom. The van der Waals surface area contributed by atoms with Gasteiger partial charge in [0.1, 0.15) is 0 Å². The molecule has 1 atom stereocenters. The summed E-state index contributed by atoms with van der Waals surface area (Å²) in [6.07, 6.45) is 21.5. The van der Waals surface area contributed by atoms with Crippen molar-refractivity contribution in [2.24, 2.45) is 0 Å². The van der Waals surface area contributed by atoms with Crippen molar-refractivity contribution < 1.29 is 9.84 Å². The number of ether oxygens (including phenoxy) is 1. The van der Waals surface area contributed by atoms with Crippen LogP contribution in [0.1, 0.15) is 96.8 Å². The lowest BCUT2D eigenvalue weighted by Gasteiger charge is -2.11. The quantitative estimate of drug-likeness (QED) is 0.282. The van der Waals surface area contributed by atoms with Gasteiger partial charge in [-0.1, -0.05) is 90.4 Å². The standard InChI is InChI=1S/C20H42O2S/c1-3-4-5-6-7-8-9-10-11-12-13-14-15-16-17-22-19-20(18-21)23-2/h20-21H,3-19H2,1-2H3. The van der Waals surface area contributed by atoms with Crippen molar-refractivity contribution in [2.45, 2.75) is 102 Å². The Labute approximate surface area is 150 Å². The molecule has 0 fully saturated rings. The summed E-state index contributed by atoms with van der Waals surface area (Å²) in [6, 6.07) is 0. The molecule has 2 nitrogen and oxygen atoms in total. The molecule has 1 unspecified atom stereocenters. The first kappa shape index (κ1) is 23.3. The van der Waals surface area contributed by atoms with Crippen molar-refractivity contribution in [1.29, 1.82) is 0 Å². The largest absolute Gasteiger partial charge is 0.395 e. The van der Waals surface area contributed by atoms with Crippen molar-refractivity contribution in [1.82, 2.24) is 0 Å². The van der Waals surface area contributed by atoms with Gasteiger partial charge in [0.05, 0.1) is 18.5 Å². The minimum absolute atomic E-state index is 0.222. The number of unbranched alkanes of at least 4 members (excludes halogenated alkanes) is 13. The zero-order valence-electron chi connectivity index (χ0n) is 15.9. The highest BCUT2D eigenvalue weighted by atomic mass is 32.2. The van der Waals surface area contributed by atoms with Crippen molar-refractivity contribution in [3.63, 3.8) is 0 Å². The van der Waals surface area contributed by atoms with E-state index in [-0.39, 0.29) is 11.9 Å². The van der Waals surface area contributed by atoms with Gasteiger partial charge < -0.3 is 9.84 Å². The van der Waals surface area contributed by atoms with Crippen LogP contribution >= 0.6 is 11.8 Å². The molecule has 0 saturated carbocycles. The molecule has 0 aliphatic carbocycles. The van der Waals surface area contributed by atoms with Crippen LogP contribution in [0.4, 0.5) is 0 Å². The third kappa shape index (κ3) is 18.4. The van der Waals surface area contributed by atoms with Gasteiger partial charge in [0.2, 0.25) is 0 Å². The molecule has 0 aliphatic rings. The van der Waals surface area contributed by atoms with Crippen LogP contribution in [0.25, 0.3) is 0 Å². The average Bonchev–Trinajstić information content (AvgIpc) is 2.58. The third-order valence-electron chi connectivity index (χ3n) is 4.48. The van der Waals surface area contributed by atoms with Gasteiger partial charge in [-0.3, -0.25) is 0 Å². The highest BCUT2D eigenvalue weighted by Crippen LogP contribution is 2.13. The SMILES string of the molecule is CCCCCCCCCCCCCCCCOCC(CO)SC. The Kier molecular flexibility index (Phi) is 20.6. The summed E-state index contributed by atoms with van der Waals surface area (Å²) >= 11 is 1.68. The van der Waals surface area contributed by atoms with Crippen LogP contribution in [-0.2, 0) is 4.74 Å². The summed E-state index contributed by atoms with van der Waals surface area (Å²) < 4.78 is 5.60. The smallest absolute Gasteiger partial charge is 0.0607 e. The van der Waals surface area contributed by atoms with Crippen LogP contribution in [0.2, 0.25) is 0 Å². The first-order chi connectivity index (χ1) is 11.3. The van der Waals surface area contributed by atoms with E-state index >= 15 is 0 Å². The molecule has 3 heteroatoms. The van der Waals surface area contributed by atoms with Gasteiger partial charge in [-0.05, 0) is 12.7 Å². The number of hydrogen-bond donors (Lipinski definition) is 1. The van der Waals surface area contributed by atoms with Crippen molar-refractivity contribution in [3.05, 3.63) is 0 Å². The van der Waals surface area contributed by atoms with E-state index in [9.17, 15) is 0 Å². The van der Waals surface area contributed by atoms with Gasteiger partial charge in [0, 0.05) is 6.61 Å².